The summed E-state index contributed by atoms with van der Waals surface area (Å²) >= 11 is 0. The van der Waals surface area contributed by atoms with Gasteiger partial charge in [0, 0.05) is 5.69 Å². The maximum absolute atomic E-state index is 5.36. The van der Waals surface area contributed by atoms with Gasteiger partial charge in [0.05, 0.1) is 6.67 Å². The highest BCUT2D eigenvalue weighted by atomic mass is 15.0. The molecule has 2 heteroatoms. The Labute approximate surface area is 93.9 Å². The first-order chi connectivity index (χ1) is 7.24. The Hall–Kier alpha value is -1.46. The number of rotatable bonds is 2. The maximum Gasteiger partial charge on any atom is 0.0628 e. The fourth-order valence-electron chi connectivity index (χ4n) is 1.12. The van der Waals surface area contributed by atoms with Crippen molar-refractivity contribution in [2.75, 3.05) is 12.0 Å². The molecule has 0 aliphatic carbocycles. The van der Waals surface area contributed by atoms with Crippen LogP contribution in [0.4, 0.5) is 5.69 Å². The zero-order chi connectivity index (χ0) is 12.3. The number of nitrogens with one attached hydrogen (secondary N) is 1. The molecule has 1 aromatic rings. The molecule has 15 heavy (non-hydrogen) atoms. The molecule has 0 aliphatic rings. The zero-order valence-electron chi connectivity index (χ0n) is 10.2. The van der Waals surface area contributed by atoms with Gasteiger partial charge in [-0.05, 0) is 25.5 Å². The second-order valence-electron chi connectivity index (χ2n) is 2.70. The first-order valence-corrected chi connectivity index (χ1v) is 5.08. The summed E-state index contributed by atoms with van der Waals surface area (Å²) in [6.07, 6.45) is 8.00. The molecule has 0 aromatic heterocycles. The molecule has 2 nitrogen and oxygen atoms in total. The maximum atomic E-state index is 5.36. The minimum Gasteiger partial charge on any atom is -0.372 e. The summed E-state index contributed by atoms with van der Waals surface area (Å²) in [6, 6.07) is 6.26. The summed E-state index contributed by atoms with van der Waals surface area (Å²) in [4.78, 5) is 0. The number of hydrogen-bond acceptors (Lipinski definition) is 2. The summed E-state index contributed by atoms with van der Waals surface area (Å²) in [7, 11) is 0. The van der Waals surface area contributed by atoms with Gasteiger partial charge in [-0.3, -0.25) is 0 Å². The molecule has 0 saturated heterocycles. The molecule has 1 aromatic carbocycles. The van der Waals surface area contributed by atoms with E-state index in [1.54, 1.807) is 0 Å². The van der Waals surface area contributed by atoms with Crippen molar-refractivity contribution in [2.45, 2.75) is 27.7 Å². The van der Waals surface area contributed by atoms with E-state index in [9.17, 15) is 0 Å². The van der Waals surface area contributed by atoms with Gasteiger partial charge in [-0.2, -0.15) is 0 Å². The monoisotopic (exact) mass is 206 g/mol. The third-order valence-electron chi connectivity index (χ3n) is 1.67. The van der Waals surface area contributed by atoms with Crippen LogP contribution in [0.1, 0.15) is 25.0 Å². The van der Waals surface area contributed by atoms with E-state index in [1.807, 2.05) is 13.8 Å². The molecule has 84 valence electrons. The first-order valence-electron chi connectivity index (χ1n) is 5.08. The van der Waals surface area contributed by atoms with Crippen LogP contribution in [-0.2, 0) is 0 Å². The second kappa shape index (κ2) is 10.6. The smallest absolute Gasteiger partial charge is 0.0628 e. The van der Waals surface area contributed by atoms with Gasteiger partial charge in [-0.15, -0.1) is 12.8 Å². The quantitative estimate of drug-likeness (QED) is 0.577. The van der Waals surface area contributed by atoms with Crippen LogP contribution < -0.4 is 11.1 Å². The predicted octanol–water partition coefficient (Wildman–Crippen LogP) is 2.91. The van der Waals surface area contributed by atoms with Crippen molar-refractivity contribution in [3.8, 4) is 12.8 Å². The third-order valence-corrected chi connectivity index (χ3v) is 1.67. The van der Waals surface area contributed by atoms with E-state index in [-0.39, 0.29) is 0 Å². The van der Waals surface area contributed by atoms with Crippen LogP contribution in [0.5, 0.6) is 0 Å². The Morgan fingerprint density at radius 2 is 1.73 bits per heavy atom. The zero-order valence-corrected chi connectivity index (χ0v) is 10.2. The van der Waals surface area contributed by atoms with E-state index in [0.717, 1.165) is 5.69 Å². The van der Waals surface area contributed by atoms with E-state index >= 15 is 0 Å². The van der Waals surface area contributed by atoms with Crippen molar-refractivity contribution >= 4 is 5.69 Å². The van der Waals surface area contributed by atoms with Crippen LogP contribution in [0.15, 0.2) is 18.2 Å². The van der Waals surface area contributed by atoms with Gasteiger partial charge in [0.25, 0.3) is 0 Å². The van der Waals surface area contributed by atoms with Crippen molar-refractivity contribution in [3.63, 3.8) is 0 Å². The van der Waals surface area contributed by atoms with Gasteiger partial charge in [0.2, 0.25) is 0 Å². The summed E-state index contributed by atoms with van der Waals surface area (Å²) in [5.41, 5.74) is 9.01. The number of aryl methyl sites for hydroxylation is 2. The Morgan fingerprint density at radius 1 is 1.20 bits per heavy atom. The molecule has 1 rings (SSSR count). The standard InChI is InChI=1S/C9H14N2.C2H6.C2H2/c1-7-3-4-9(11-6-10)8(2)5-7;2*1-2/h3-5,11H,6,10H2,1-2H3;1-2H3;1-2H. The number of terminal acetylenes is 1. The Balaban J connectivity index is 0. The van der Waals surface area contributed by atoms with Gasteiger partial charge in [0.15, 0.2) is 0 Å². The summed E-state index contributed by atoms with van der Waals surface area (Å²) in [5.74, 6) is 0. The molecule has 0 spiro atoms. The van der Waals surface area contributed by atoms with Gasteiger partial charge >= 0.3 is 0 Å². The van der Waals surface area contributed by atoms with E-state index in [4.69, 9.17) is 5.73 Å². The highest BCUT2D eigenvalue weighted by molar-refractivity contribution is 5.51. The molecule has 0 saturated carbocycles. The molecule has 0 amide bonds. The van der Waals surface area contributed by atoms with Gasteiger partial charge < -0.3 is 11.1 Å². The average Bonchev–Trinajstić information content (AvgIpc) is 2.28. The molecule has 0 atom stereocenters. The fourth-order valence-corrected chi connectivity index (χ4v) is 1.12. The van der Waals surface area contributed by atoms with Crippen LogP contribution in [0.2, 0.25) is 0 Å². The van der Waals surface area contributed by atoms with Crippen LogP contribution in [0.3, 0.4) is 0 Å². The molecule has 0 heterocycles. The lowest BCUT2D eigenvalue weighted by Gasteiger charge is -2.06. The van der Waals surface area contributed by atoms with Crippen molar-refractivity contribution < 1.29 is 0 Å². The SMILES string of the molecule is C#C.CC.Cc1ccc(NCN)c(C)c1. The summed E-state index contributed by atoms with van der Waals surface area (Å²) < 4.78 is 0. The van der Waals surface area contributed by atoms with E-state index in [1.165, 1.54) is 11.1 Å². The van der Waals surface area contributed by atoms with Crippen molar-refractivity contribution in [1.82, 2.24) is 0 Å². The highest BCUT2D eigenvalue weighted by Gasteiger charge is 1.94. The molecule has 0 unspecified atom stereocenters. The highest BCUT2D eigenvalue weighted by Crippen LogP contribution is 2.14. The van der Waals surface area contributed by atoms with Gasteiger partial charge in [-0.1, -0.05) is 31.5 Å². The number of benzene rings is 1. The van der Waals surface area contributed by atoms with E-state index in [2.05, 4.69) is 50.2 Å². The largest absolute Gasteiger partial charge is 0.372 e. The molecule has 0 aliphatic heterocycles. The number of hydrogen-bond donors (Lipinski definition) is 2. The summed E-state index contributed by atoms with van der Waals surface area (Å²) in [6.45, 7) is 8.65. The van der Waals surface area contributed by atoms with Crippen molar-refractivity contribution in [1.29, 1.82) is 0 Å². The van der Waals surface area contributed by atoms with E-state index < -0.39 is 0 Å². The van der Waals surface area contributed by atoms with Crippen molar-refractivity contribution in [3.05, 3.63) is 29.3 Å². The second-order valence-corrected chi connectivity index (χ2v) is 2.70. The summed E-state index contributed by atoms with van der Waals surface area (Å²) in [5, 5.41) is 3.08. The minimum absolute atomic E-state index is 0.490. The third kappa shape index (κ3) is 6.59. The van der Waals surface area contributed by atoms with Gasteiger partial charge in [0.1, 0.15) is 0 Å². The molecule has 0 fully saturated rings. The lowest BCUT2D eigenvalue weighted by molar-refractivity contribution is 1.13. The Morgan fingerprint density at radius 3 is 2.13 bits per heavy atom. The first kappa shape index (κ1) is 16.0. The normalized spacial score (nSPS) is 7.67. The van der Waals surface area contributed by atoms with Crippen LogP contribution in [0, 0.1) is 26.7 Å². The number of nitrogens with two attached hydrogens (primary N) is 1. The van der Waals surface area contributed by atoms with Crippen LogP contribution in [0.25, 0.3) is 0 Å². The molecular formula is C13H22N2. The van der Waals surface area contributed by atoms with E-state index in [0.29, 0.717) is 6.67 Å². The van der Waals surface area contributed by atoms with Gasteiger partial charge in [-0.25, -0.2) is 0 Å². The van der Waals surface area contributed by atoms with Crippen LogP contribution in [-0.4, -0.2) is 6.67 Å². The topological polar surface area (TPSA) is 38.0 Å². The Kier molecular flexibility index (Phi) is 11.3. The lowest BCUT2D eigenvalue weighted by Crippen LogP contribution is -2.11. The predicted molar refractivity (Wildman–Crippen MR) is 69.8 cm³/mol. The fraction of sp³-hybridized carbons (Fsp3) is 0.385. The number of anilines is 1. The Bertz CT molecular complexity index is 277. The van der Waals surface area contributed by atoms with Crippen molar-refractivity contribution in [2.24, 2.45) is 5.73 Å². The lowest BCUT2D eigenvalue weighted by atomic mass is 10.1. The molecule has 0 radical (unpaired) electrons. The minimum atomic E-state index is 0.490. The molecule has 0 bridgehead atoms. The van der Waals surface area contributed by atoms with Crippen LogP contribution >= 0.6 is 0 Å². The molecular weight excluding hydrogens is 184 g/mol. The molecule has 3 N–H and O–H groups in total. The average molecular weight is 206 g/mol.